The van der Waals surface area contributed by atoms with Gasteiger partial charge in [-0.2, -0.15) is 0 Å². The van der Waals surface area contributed by atoms with E-state index in [1.54, 1.807) is 13.4 Å². The quantitative estimate of drug-likeness (QED) is 0.821. The van der Waals surface area contributed by atoms with Gasteiger partial charge in [-0.05, 0) is 18.2 Å². The molecule has 2 rings (SSSR count). The van der Waals surface area contributed by atoms with Gasteiger partial charge in [-0.15, -0.1) is 0 Å². The third-order valence-electron chi connectivity index (χ3n) is 2.71. The highest BCUT2D eigenvalue weighted by Crippen LogP contribution is 2.24. The van der Waals surface area contributed by atoms with Crippen molar-refractivity contribution in [3.63, 3.8) is 0 Å². The van der Waals surface area contributed by atoms with Gasteiger partial charge < -0.3 is 19.6 Å². The standard InChI is InChI=1S/C14H17NO3/c1-17-14-7-3-2-6-12(14)13(16)10-15-9-11-5-4-8-18-11/h2-8,13,15-16H,9-10H2,1H3. The van der Waals surface area contributed by atoms with Crippen molar-refractivity contribution in [2.75, 3.05) is 13.7 Å². The zero-order valence-electron chi connectivity index (χ0n) is 10.3. The highest BCUT2D eigenvalue weighted by atomic mass is 16.5. The first-order valence-electron chi connectivity index (χ1n) is 5.85. The van der Waals surface area contributed by atoms with Crippen LogP contribution < -0.4 is 10.1 Å². The van der Waals surface area contributed by atoms with Crippen LogP contribution in [0.2, 0.25) is 0 Å². The number of ether oxygens (including phenoxy) is 1. The van der Waals surface area contributed by atoms with Gasteiger partial charge in [-0.25, -0.2) is 0 Å². The van der Waals surface area contributed by atoms with Gasteiger partial charge in [0, 0.05) is 12.1 Å². The molecule has 4 heteroatoms. The summed E-state index contributed by atoms with van der Waals surface area (Å²) in [5.41, 5.74) is 0.784. The molecule has 0 saturated carbocycles. The Balaban J connectivity index is 1.89. The second-order valence-electron chi connectivity index (χ2n) is 3.97. The van der Waals surface area contributed by atoms with E-state index in [0.717, 1.165) is 11.3 Å². The Kier molecular flexibility index (Phi) is 4.39. The first-order valence-corrected chi connectivity index (χ1v) is 5.85. The summed E-state index contributed by atoms with van der Waals surface area (Å²) in [7, 11) is 1.60. The van der Waals surface area contributed by atoms with Crippen LogP contribution in [0.5, 0.6) is 5.75 Å². The molecular formula is C14H17NO3. The van der Waals surface area contributed by atoms with Crippen molar-refractivity contribution in [1.82, 2.24) is 5.32 Å². The lowest BCUT2D eigenvalue weighted by atomic mass is 10.1. The Morgan fingerprint density at radius 3 is 2.83 bits per heavy atom. The summed E-state index contributed by atoms with van der Waals surface area (Å²) in [5, 5.41) is 13.2. The Labute approximate surface area is 106 Å². The highest BCUT2D eigenvalue weighted by molar-refractivity contribution is 5.35. The van der Waals surface area contributed by atoms with Gasteiger partial charge in [0.2, 0.25) is 0 Å². The Morgan fingerprint density at radius 1 is 1.28 bits per heavy atom. The maximum Gasteiger partial charge on any atom is 0.124 e. The molecule has 4 nitrogen and oxygen atoms in total. The molecule has 0 amide bonds. The fraction of sp³-hybridized carbons (Fsp3) is 0.286. The van der Waals surface area contributed by atoms with Crippen molar-refractivity contribution in [3.05, 3.63) is 54.0 Å². The normalized spacial score (nSPS) is 12.3. The lowest BCUT2D eigenvalue weighted by Gasteiger charge is -2.14. The van der Waals surface area contributed by atoms with Crippen LogP contribution >= 0.6 is 0 Å². The van der Waals surface area contributed by atoms with E-state index in [2.05, 4.69) is 5.32 Å². The molecule has 0 radical (unpaired) electrons. The topological polar surface area (TPSA) is 54.6 Å². The largest absolute Gasteiger partial charge is 0.496 e. The van der Waals surface area contributed by atoms with Crippen LogP contribution in [0.1, 0.15) is 17.4 Å². The lowest BCUT2D eigenvalue weighted by Crippen LogP contribution is -2.21. The fourth-order valence-electron chi connectivity index (χ4n) is 1.80. The van der Waals surface area contributed by atoms with E-state index in [9.17, 15) is 5.11 Å². The number of para-hydroxylation sites is 1. The van der Waals surface area contributed by atoms with Crippen LogP contribution in [0, 0.1) is 0 Å². The molecule has 2 N–H and O–H groups in total. The van der Waals surface area contributed by atoms with Crippen LogP contribution in [-0.2, 0) is 6.54 Å². The SMILES string of the molecule is COc1ccccc1C(O)CNCc1ccco1. The maximum atomic E-state index is 10.1. The minimum atomic E-state index is -0.601. The van der Waals surface area contributed by atoms with E-state index < -0.39 is 6.10 Å². The second-order valence-corrected chi connectivity index (χ2v) is 3.97. The molecule has 0 saturated heterocycles. The first kappa shape index (κ1) is 12.7. The van der Waals surface area contributed by atoms with Crippen LogP contribution in [-0.4, -0.2) is 18.8 Å². The molecule has 1 heterocycles. The fourth-order valence-corrected chi connectivity index (χ4v) is 1.80. The monoisotopic (exact) mass is 247 g/mol. The van der Waals surface area contributed by atoms with Gasteiger partial charge in [0.25, 0.3) is 0 Å². The van der Waals surface area contributed by atoms with Crippen molar-refractivity contribution >= 4 is 0 Å². The minimum Gasteiger partial charge on any atom is -0.496 e. The van der Waals surface area contributed by atoms with E-state index in [1.807, 2.05) is 36.4 Å². The number of benzene rings is 1. The van der Waals surface area contributed by atoms with E-state index in [1.165, 1.54) is 0 Å². The Hall–Kier alpha value is -1.78. The first-order chi connectivity index (χ1) is 8.81. The third kappa shape index (κ3) is 3.12. The number of nitrogens with one attached hydrogen (secondary N) is 1. The number of methoxy groups -OCH3 is 1. The molecule has 96 valence electrons. The molecule has 1 aromatic carbocycles. The summed E-state index contributed by atoms with van der Waals surface area (Å²) in [4.78, 5) is 0. The van der Waals surface area contributed by atoms with Crippen molar-refractivity contribution in [3.8, 4) is 5.75 Å². The van der Waals surface area contributed by atoms with Crippen LogP contribution in [0.25, 0.3) is 0 Å². The van der Waals surface area contributed by atoms with Crippen molar-refractivity contribution in [1.29, 1.82) is 0 Å². The molecule has 1 aromatic heterocycles. The van der Waals surface area contributed by atoms with Gasteiger partial charge in [0.05, 0.1) is 26.0 Å². The van der Waals surface area contributed by atoms with Gasteiger partial charge >= 0.3 is 0 Å². The molecule has 0 aliphatic rings. The van der Waals surface area contributed by atoms with E-state index in [4.69, 9.17) is 9.15 Å². The summed E-state index contributed by atoms with van der Waals surface area (Å²) in [6.45, 7) is 1.04. The molecule has 18 heavy (non-hydrogen) atoms. The summed E-state index contributed by atoms with van der Waals surface area (Å²) in [6, 6.07) is 11.2. The molecule has 2 aromatic rings. The number of aliphatic hydroxyl groups excluding tert-OH is 1. The van der Waals surface area contributed by atoms with Crippen molar-refractivity contribution in [2.45, 2.75) is 12.6 Å². The number of furan rings is 1. The van der Waals surface area contributed by atoms with Crippen molar-refractivity contribution < 1.29 is 14.3 Å². The van der Waals surface area contributed by atoms with Crippen LogP contribution in [0.15, 0.2) is 47.1 Å². The average Bonchev–Trinajstić information content (AvgIpc) is 2.91. The van der Waals surface area contributed by atoms with E-state index >= 15 is 0 Å². The minimum absolute atomic E-state index is 0.446. The zero-order valence-corrected chi connectivity index (χ0v) is 10.3. The zero-order chi connectivity index (χ0) is 12.8. The van der Waals surface area contributed by atoms with Crippen molar-refractivity contribution in [2.24, 2.45) is 0 Å². The summed E-state index contributed by atoms with van der Waals surface area (Å²) < 4.78 is 10.4. The summed E-state index contributed by atoms with van der Waals surface area (Å²) >= 11 is 0. The Morgan fingerprint density at radius 2 is 2.11 bits per heavy atom. The Bertz CT molecular complexity index is 468. The molecule has 1 atom stereocenters. The molecular weight excluding hydrogens is 230 g/mol. The van der Waals surface area contributed by atoms with Crippen LogP contribution in [0.3, 0.4) is 0 Å². The van der Waals surface area contributed by atoms with Gasteiger partial charge in [0.15, 0.2) is 0 Å². The van der Waals surface area contributed by atoms with E-state index in [0.29, 0.717) is 18.8 Å². The van der Waals surface area contributed by atoms with E-state index in [-0.39, 0.29) is 0 Å². The predicted octanol–water partition coefficient (Wildman–Crippen LogP) is 2.11. The van der Waals surface area contributed by atoms with Gasteiger partial charge in [-0.1, -0.05) is 18.2 Å². The lowest BCUT2D eigenvalue weighted by molar-refractivity contribution is 0.169. The highest BCUT2D eigenvalue weighted by Gasteiger charge is 2.12. The number of aliphatic hydroxyl groups is 1. The summed E-state index contributed by atoms with van der Waals surface area (Å²) in [5.74, 6) is 1.55. The molecule has 1 unspecified atom stereocenters. The molecule has 0 bridgehead atoms. The number of rotatable bonds is 6. The molecule has 0 spiro atoms. The third-order valence-corrected chi connectivity index (χ3v) is 2.71. The molecule has 0 fully saturated rings. The maximum absolute atomic E-state index is 10.1. The predicted molar refractivity (Wildman–Crippen MR) is 68.4 cm³/mol. The molecule has 0 aliphatic carbocycles. The smallest absolute Gasteiger partial charge is 0.124 e. The number of hydrogen-bond acceptors (Lipinski definition) is 4. The molecule has 0 aliphatic heterocycles. The van der Waals surface area contributed by atoms with Crippen LogP contribution in [0.4, 0.5) is 0 Å². The second kappa shape index (κ2) is 6.23. The number of hydrogen-bond donors (Lipinski definition) is 2. The average molecular weight is 247 g/mol. The summed E-state index contributed by atoms with van der Waals surface area (Å²) in [6.07, 6.45) is 1.03. The van der Waals surface area contributed by atoms with Gasteiger partial charge in [-0.3, -0.25) is 0 Å². The van der Waals surface area contributed by atoms with Gasteiger partial charge in [0.1, 0.15) is 11.5 Å².